The Kier molecular flexibility index (Phi) is 5.20. The van der Waals surface area contributed by atoms with Crippen LogP contribution in [0.1, 0.15) is 5.56 Å². The van der Waals surface area contributed by atoms with Gasteiger partial charge in [0.15, 0.2) is 0 Å². The summed E-state index contributed by atoms with van der Waals surface area (Å²) in [6.07, 6.45) is 3.07. The molecule has 0 radical (unpaired) electrons. The van der Waals surface area contributed by atoms with E-state index in [9.17, 15) is 4.79 Å². The number of hydrogen-bond donors (Lipinski definition) is 0. The minimum Gasteiger partial charge on any atom is -0.497 e. The number of ether oxygens (including phenoxy) is 2. The molecule has 0 aliphatic carbocycles. The molecule has 0 heterocycles. The second-order valence-electron chi connectivity index (χ2n) is 3.46. The van der Waals surface area contributed by atoms with Crippen molar-refractivity contribution in [3.63, 3.8) is 0 Å². The standard InChI is InChI=1S/C13H17NO4/c1-14(18-4)13(15)8-6-10-5-7-11(16-2)9-12(10)17-3/h5-9H,1-4H3. The van der Waals surface area contributed by atoms with Crippen molar-refractivity contribution in [3.05, 3.63) is 29.8 Å². The first-order valence-corrected chi connectivity index (χ1v) is 5.34. The van der Waals surface area contributed by atoms with E-state index in [1.54, 1.807) is 32.4 Å². The van der Waals surface area contributed by atoms with Gasteiger partial charge in [-0.3, -0.25) is 9.63 Å². The van der Waals surface area contributed by atoms with Crippen LogP contribution in [0, 0.1) is 0 Å². The van der Waals surface area contributed by atoms with Crippen molar-refractivity contribution in [2.24, 2.45) is 0 Å². The highest BCUT2D eigenvalue weighted by Gasteiger charge is 2.05. The lowest BCUT2D eigenvalue weighted by Crippen LogP contribution is -2.22. The highest BCUT2D eigenvalue weighted by atomic mass is 16.7. The monoisotopic (exact) mass is 251 g/mol. The summed E-state index contributed by atoms with van der Waals surface area (Å²) in [5.41, 5.74) is 0.788. The van der Waals surface area contributed by atoms with E-state index in [0.29, 0.717) is 11.5 Å². The Bertz CT molecular complexity index is 443. The Morgan fingerprint density at radius 2 is 1.94 bits per heavy atom. The molecule has 0 bridgehead atoms. The van der Waals surface area contributed by atoms with E-state index in [2.05, 4.69) is 0 Å². The van der Waals surface area contributed by atoms with Crippen LogP contribution in [0.3, 0.4) is 0 Å². The number of amides is 1. The van der Waals surface area contributed by atoms with Crippen LogP contribution in [0.25, 0.3) is 6.08 Å². The molecule has 0 spiro atoms. The number of hydroxylamine groups is 2. The Labute approximate surface area is 107 Å². The van der Waals surface area contributed by atoms with Gasteiger partial charge in [0.05, 0.1) is 21.3 Å². The van der Waals surface area contributed by atoms with Crippen molar-refractivity contribution in [1.29, 1.82) is 0 Å². The molecule has 1 rings (SSSR count). The molecule has 1 aromatic rings. The Morgan fingerprint density at radius 3 is 2.50 bits per heavy atom. The third-order valence-corrected chi connectivity index (χ3v) is 2.43. The van der Waals surface area contributed by atoms with Crippen LogP contribution in [-0.4, -0.2) is 39.3 Å². The van der Waals surface area contributed by atoms with Crippen LogP contribution in [0.5, 0.6) is 11.5 Å². The minimum absolute atomic E-state index is 0.254. The lowest BCUT2D eigenvalue weighted by atomic mass is 10.1. The third-order valence-electron chi connectivity index (χ3n) is 2.43. The Morgan fingerprint density at radius 1 is 1.22 bits per heavy atom. The number of nitrogens with zero attached hydrogens (tertiary/aromatic N) is 1. The zero-order chi connectivity index (χ0) is 13.5. The molecule has 0 aliphatic heterocycles. The lowest BCUT2D eigenvalue weighted by Gasteiger charge is -2.10. The first-order chi connectivity index (χ1) is 8.62. The smallest absolute Gasteiger partial charge is 0.269 e. The molecule has 1 amide bonds. The maximum absolute atomic E-state index is 11.5. The summed E-state index contributed by atoms with van der Waals surface area (Å²) >= 11 is 0. The molecule has 1 aromatic carbocycles. The van der Waals surface area contributed by atoms with E-state index >= 15 is 0 Å². The number of carbonyl (C=O) groups is 1. The van der Waals surface area contributed by atoms with Crippen LogP contribution in [0.2, 0.25) is 0 Å². The number of likely N-dealkylation sites (N-methyl/N-ethyl adjacent to an activating group) is 1. The Balaban J connectivity index is 2.90. The van der Waals surface area contributed by atoms with Gasteiger partial charge in [-0.25, -0.2) is 5.06 Å². The van der Waals surface area contributed by atoms with Crippen LogP contribution in [0.4, 0.5) is 0 Å². The van der Waals surface area contributed by atoms with Crippen molar-refractivity contribution < 1.29 is 19.1 Å². The lowest BCUT2D eigenvalue weighted by molar-refractivity contribution is -0.162. The van der Waals surface area contributed by atoms with Crippen molar-refractivity contribution >= 4 is 12.0 Å². The molecule has 0 saturated heterocycles. The molecule has 5 nitrogen and oxygen atoms in total. The molecule has 0 aromatic heterocycles. The van der Waals surface area contributed by atoms with Gasteiger partial charge in [0.25, 0.3) is 5.91 Å². The minimum atomic E-state index is -0.254. The van der Waals surface area contributed by atoms with Gasteiger partial charge in [-0.2, -0.15) is 0 Å². The normalized spacial score (nSPS) is 10.4. The fourth-order valence-corrected chi connectivity index (χ4v) is 1.31. The summed E-state index contributed by atoms with van der Waals surface area (Å²) in [7, 11) is 6.12. The quantitative estimate of drug-likeness (QED) is 0.590. The highest BCUT2D eigenvalue weighted by molar-refractivity contribution is 5.91. The van der Waals surface area contributed by atoms with Gasteiger partial charge < -0.3 is 9.47 Å². The summed E-state index contributed by atoms with van der Waals surface area (Å²) in [5, 5.41) is 1.13. The predicted molar refractivity (Wildman–Crippen MR) is 68.4 cm³/mol. The Hall–Kier alpha value is -2.01. The zero-order valence-corrected chi connectivity index (χ0v) is 11.0. The van der Waals surface area contributed by atoms with Crippen molar-refractivity contribution in [2.75, 3.05) is 28.4 Å². The molecule has 98 valence electrons. The van der Waals surface area contributed by atoms with E-state index in [-0.39, 0.29) is 5.91 Å². The van der Waals surface area contributed by atoms with Crippen molar-refractivity contribution in [3.8, 4) is 11.5 Å². The number of benzene rings is 1. The average molecular weight is 251 g/mol. The molecule has 0 unspecified atom stereocenters. The molecule has 0 fully saturated rings. The maximum Gasteiger partial charge on any atom is 0.269 e. The predicted octanol–water partition coefficient (Wildman–Crippen LogP) is 1.74. The van der Waals surface area contributed by atoms with E-state index in [1.165, 1.54) is 20.2 Å². The summed E-state index contributed by atoms with van der Waals surface area (Å²) in [6.45, 7) is 0. The summed E-state index contributed by atoms with van der Waals surface area (Å²) in [4.78, 5) is 16.3. The average Bonchev–Trinajstić information content (AvgIpc) is 2.43. The second-order valence-corrected chi connectivity index (χ2v) is 3.46. The van der Waals surface area contributed by atoms with Gasteiger partial charge in [-0.1, -0.05) is 0 Å². The number of rotatable bonds is 5. The fraction of sp³-hybridized carbons (Fsp3) is 0.308. The van der Waals surface area contributed by atoms with Crippen LogP contribution in [0.15, 0.2) is 24.3 Å². The zero-order valence-electron chi connectivity index (χ0n) is 11.0. The van der Waals surface area contributed by atoms with Gasteiger partial charge in [0.2, 0.25) is 0 Å². The summed E-state index contributed by atoms with van der Waals surface area (Å²) in [6, 6.07) is 5.37. The topological polar surface area (TPSA) is 48.0 Å². The van der Waals surface area contributed by atoms with E-state index in [4.69, 9.17) is 14.3 Å². The SMILES string of the molecule is COc1ccc(C=CC(=O)N(C)OC)c(OC)c1. The summed E-state index contributed by atoms with van der Waals surface area (Å²) < 4.78 is 10.3. The number of carbonyl (C=O) groups excluding carboxylic acids is 1. The van der Waals surface area contributed by atoms with E-state index < -0.39 is 0 Å². The molecule has 5 heteroatoms. The largest absolute Gasteiger partial charge is 0.497 e. The van der Waals surface area contributed by atoms with Gasteiger partial charge in [0, 0.05) is 24.8 Å². The molecule has 0 atom stereocenters. The van der Waals surface area contributed by atoms with Gasteiger partial charge in [-0.15, -0.1) is 0 Å². The van der Waals surface area contributed by atoms with E-state index in [1.807, 2.05) is 6.07 Å². The van der Waals surface area contributed by atoms with Gasteiger partial charge >= 0.3 is 0 Å². The molecule has 0 saturated carbocycles. The van der Waals surface area contributed by atoms with Gasteiger partial charge in [-0.05, 0) is 18.2 Å². The van der Waals surface area contributed by atoms with Crippen LogP contribution >= 0.6 is 0 Å². The number of methoxy groups -OCH3 is 2. The molecule has 0 aliphatic rings. The summed E-state index contributed by atoms with van der Waals surface area (Å²) in [5.74, 6) is 1.08. The first kappa shape index (κ1) is 14.1. The van der Waals surface area contributed by atoms with Gasteiger partial charge in [0.1, 0.15) is 11.5 Å². The molecule has 18 heavy (non-hydrogen) atoms. The van der Waals surface area contributed by atoms with Crippen molar-refractivity contribution in [2.45, 2.75) is 0 Å². The molecule has 0 N–H and O–H groups in total. The number of hydrogen-bond acceptors (Lipinski definition) is 4. The second kappa shape index (κ2) is 6.66. The molecular formula is C13H17NO4. The third kappa shape index (κ3) is 3.49. The van der Waals surface area contributed by atoms with Crippen LogP contribution < -0.4 is 9.47 Å². The maximum atomic E-state index is 11.5. The van der Waals surface area contributed by atoms with Crippen LogP contribution in [-0.2, 0) is 9.63 Å². The highest BCUT2D eigenvalue weighted by Crippen LogP contribution is 2.25. The van der Waals surface area contributed by atoms with E-state index in [0.717, 1.165) is 10.6 Å². The molecular weight excluding hydrogens is 234 g/mol. The first-order valence-electron chi connectivity index (χ1n) is 5.34. The van der Waals surface area contributed by atoms with Crippen molar-refractivity contribution in [1.82, 2.24) is 5.06 Å². The fourth-order valence-electron chi connectivity index (χ4n) is 1.31.